The van der Waals surface area contributed by atoms with Crippen molar-refractivity contribution in [1.82, 2.24) is 0 Å². The van der Waals surface area contributed by atoms with Gasteiger partial charge in [0.15, 0.2) is 0 Å². The second-order valence-corrected chi connectivity index (χ2v) is 31.8. The van der Waals surface area contributed by atoms with Crippen molar-refractivity contribution in [3.05, 3.63) is 190 Å². The van der Waals surface area contributed by atoms with Crippen LogP contribution in [0.25, 0.3) is 20.2 Å². The predicted molar refractivity (Wildman–Crippen MR) is 359 cm³/mol. The highest BCUT2D eigenvalue weighted by atomic mass is 32.1. The molecule has 0 fully saturated rings. The second-order valence-electron chi connectivity index (χ2n) is 30.7. The van der Waals surface area contributed by atoms with Gasteiger partial charge in [-0.15, -0.1) is 11.3 Å². The van der Waals surface area contributed by atoms with E-state index in [4.69, 9.17) is 0 Å². The first-order chi connectivity index (χ1) is 39.6. The molecule has 5 heteroatoms. The van der Waals surface area contributed by atoms with Crippen LogP contribution in [0, 0.1) is 6.85 Å². The van der Waals surface area contributed by atoms with Crippen molar-refractivity contribution in [2.24, 2.45) is 0 Å². The van der Waals surface area contributed by atoms with Crippen LogP contribution in [0.5, 0.6) is 0 Å². The zero-order chi connectivity index (χ0) is 60.7. The fourth-order valence-corrected chi connectivity index (χ4v) is 15.6. The number of rotatable bonds is 5. The van der Waals surface area contributed by atoms with E-state index >= 15 is 0 Å². The van der Waals surface area contributed by atoms with E-state index in [9.17, 15) is 4.11 Å². The molecule has 4 aliphatic rings. The monoisotopic (exact) mass is 1100 g/mol. The first-order valence-corrected chi connectivity index (χ1v) is 31.2. The molecule has 82 heavy (non-hydrogen) atoms. The van der Waals surface area contributed by atoms with Gasteiger partial charge in [-0.05, 0) is 222 Å². The second kappa shape index (κ2) is 18.2. The Morgan fingerprint density at radius 3 is 1.44 bits per heavy atom. The molecule has 9 aromatic rings. The largest absolute Gasteiger partial charge is 0.311 e. The van der Waals surface area contributed by atoms with Crippen LogP contribution >= 0.6 is 11.3 Å². The highest BCUT2D eigenvalue weighted by Gasteiger charge is 2.47. The van der Waals surface area contributed by atoms with Crippen LogP contribution in [0.15, 0.2) is 146 Å². The molecule has 0 spiro atoms. The Morgan fingerprint density at radius 1 is 0.415 bits per heavy atom. The van der Waals surface area contributed by atoms with E-state index in [0.717, 1.165) is 82.3 Å². The number of anilines is 9. The van der Waals surface area contributed by atoms with E-state index in [1.54, 1.807) is 0 Å². The van der Waals surface area contributed by atoms with Gasteiger partial charge in [-0.2, -0.15) is 0 Å². The molecule has 418 valence electrons. The van der Waals surface area contributed by atoms with Gasteiger partial charge in [0, 0.05) is 75.5 Å². The summed E-state index contributed by atoms with van der Waals surface area (Å²) < 4.78 is 30.8. The van der Waals surface area contributed by atoms with E-state index in [1.165, 1.54) is 70.0 Å². The highest BCUT2D eigenvalue weighted by Crippen LogP contribution is 2.54. The summed E-state index contributed by atoms with van der Waals surface area (Å²) in [6.45, 7) is 37.2. The molecule has 3 heterocycles. The summed E-state index contributed by atoms with van der Waals surface area (Å²) in [5.74, 6) is 0. The average molecular weight is 1100 g/mol. The molecule has 0 radical (unpaired) electrons. The molecule has 2 aliphatic carbocycles. The normalized spacial score (nSPS) is 18.2. The Balaban J connectivity index is 1.14. The summed E-state index contributed by atoms with van der Waals surface area (Å²) in [6, 6.07) is 55.8. The third kappa shape index (κ3) is 8.79. The highest BCUT2D eigenvalue weighted by molar-refractivity contribution is 7.25. The van der Waals surface area contributed by atoms with Crippen LogP contribution in [0.1, 0.15) is 192 Å². The maximum Gasteiger partial charge on any atom is 0.252 e. The molecule has 0 N–H and O–H groups in total. The molecule has 0 amide bonds. The molecule has 0 saturated heterocycles. The van der Waals surface area contributed by atoms with Crippen molar-refractivity contribution >= 4 is 106 Å². The maximum absolute atomic E-state index is 9.42. The minimum Gasteiger partial charge on any atom is -0.311 e. The molecule has 13 rings (SSSR count). The summed E-state index contributed by atoms with van der Waals surface area (Å²) in [4.78, 5) is 7.34. The van der Waals surface area contributed by atoms with E-state index in [-0.39, 0.29) is 44.6 Å². The molecular formula is C77H86BN3S. The van der Waals surface area contributed by atoms with Gasteiger partial charge < -0.3 is 14.7 Å². The lowest BCUT2D eigenvalue weighted by atomic mass is 9.33. The molecule has 3 nitrogen and oxygen atoms in total. The van der Waals surface area contributed by atoms with Crippen molar-refractivity contribution in [2.45, 2.75) is 188 Å². The van der Waals surface area contributed by atoms with Crippen molar-refractivity contribution in [2.75, 3.05) is 14.7 Å². The maximum atomic E-state index is 9.42. The van der Waals surface area contributed by atoms with Crippen LogP contribution < -0.4 is 31.1 Å². The Bertz CT molecular complexity index is 4140. The number of hydrogen-bond acceptors (Lipinski definition) is 4. The van der Waals surface area contributed by atoms with Crippen LogP contribution in [-0.2, 0) is 37.9 Å². The molecule has 0 bridgehead atoms. The zero-order valence-corrected chi connectivity index (χ0v) is 52.8. The Labute approximate surface area is 500 Å². The Morgan fingerprint density at radius 2 is 0.890 bits per heavy atom. The standard InChI is InChI=1S/C77H86BN3S/c1-47-39-66-70-67(40-47)81(54-28-32-58-59(43-54)75(13,14)36-35-74(58,11)12)65-46-61-60(76(15,16)37-38-77(61,17)18)45-63(65)78(70)62-33-29-55(79(51-24-19-48(20-25-51)71(2,3)4)52-26-21-49(22-27-52)72(5,6)7)44-64(62)80(66)53-30-34-68-57(42-53)56-31-23-50(73(8,9)10)41-69(56)82-68/h19-34,39-46H,35-38H2,1-18H3/i1D3. The number of nitrogens with zero attached hydrogens (tertiary/aromatic N) is 3. The lowest BCUT2D eigenvalue weighted by molar-refractivity contribution is 0.332. The van der Waals surface area contributed by atoms with Crippen LogP contribution in [0.4, 0.5) is 51.2 Å². The molecule has 0 unspecified atom stereocenters. The molecular weight excluding hydrogens is 1010 g/mol. The van der Waals surface area contributed by atoms with Crippen molar-refractivity contribution < 1.29 is 4.11 Å². The lowest BCUT2D eigenvalue weighted by Crippen LogP contribution is -2.62. The van der Waals surface area contributed by atoms with Gasteiger partial charge in [-0.1, -0.05) is 172 Å². The summed E-state index contributed by atoms with van der Waals surface area (Å²) in [5, 5.41) is 2.43. The predicted octanol–water partition coefficient (Wildman–Crippen LogP) is 20.5. The molecule has 0 saturated carbocycles. The topological polar surface area (TPSA) is 9.72 Å². The fraction of sp³-hybridized carbons (Fsp3) is 0.377. The van der Waals surface area contributed by atoms with Crippen molar-refractivity contribution in [3.8, 4) is 0 Å². The zero-order valence-electron chi connectivity index (χ0n) is 55.0. The van der Waals surface area contributed by atoms with Gasteiger partial charge in [0.2, 0.25) is 0 Å². The Hall–Kier alpha value is -6.56. The van der Waals surface area contributed by atoms with Gasteiger partial charge in [0.25, 0.3) is 6.71 Å². The van der Waals surface area contributed by atoms with Crippen molar-refractivity contribution in [3.63, 3.8) is 0 Å². The van der Waals surface area contributed by atoms with Gasteiger partial charge in [-0.25, -0.2) is 0 Å². The molecule has 8 aromatic carbocycles. The van der Waals surface area contributed by atoms with Crippen molar-refractivity contribution in [1.29, 1.82) is 0 Å². The van der Waals surface area contributed by atoms with E-state index in [0.29, 0.717) is 5.56 Å². The fourth-order valence-electron chi connectivity index (χ4n) is 14.5. The number of thiophene rings is 1. The summed E-state index contributed by atoms with van der Waals surface area (Å²) in [6.07, 6.45) is 4.39. The van der Waals surface area contributed by atoms with Gasteiger partial charge in [0.1, 0.15) is 0 Å². The average Bonchev–Trinajstić information content (AvgIpc) is 1.12. The number of hydrogen-bond donors (Lipinski definition) is 0. The summed E-state index contributed by atoms with van der Waals surface area (Å²) >= 11 is 1.85. The number of aryl methyl sites for hydroxylation is 1. The molecule has 2 aliphatic heterocycles. The SMILES string of the molecule is [2H]C([2H])([2H])c1cc2c3c(c1)N(c1ccc4c(c1)C(C)(C)CCC4(C)C)c1cc4c(cc1B3c1ccc(N(c3ccc(C(C)(C)C)cc3)c3ccc(C(C)(C)C)cc3)cc1N2c1ccc2sc3cc(C(C)(C)C)ccc3c2c1)C(C)(C)CCC4(C)C. The molecule has 1 aromatic heterocycles. The summed E-state index contributed by atoms with van der Waals surface area (Å²) in [7, 11) is 0. The van der Waals surface area contributed by atoms with Gasteiger partial charge in [0.05, 0.1) is 0 Å². The third-order valence-corrected chi connectivity index (χ3v) is 21.1. The summed E-state index contributed by atoms with van der Waals surface area (Å²) in [5.41, 5.74) is 22.4. The lowest BCUT2D eigenvalue weighted by Gasteiger charge is -2.48. The van der Waals surface area contributed by atoms with Crippen LogP contribution in [0.3, 0.4) is 0 Å². The third-order valence-electron chi connectivity index (χ3n) is 19.9. The quantitative estimate of drug-likeness (QED) is 0.159. The van der Waals surface area contributed by atoms with E-state index < -0.39 is 6.85 Å². The van der Waals surface area contributed by atoms with Gasteiger partial charge in [-0.3, -0.25) is 0 Å². The van der Waals surface area contributed by atoms with Crippen LogP contribution in [-0.4, -0.2) is 6.71 Å². The minimum atomic E-state index is -2.42. The van der Waals surface area contributed by atoms with Crippen LogP contribution in [0.2, 0.25) is 0 Å². The first kappa shape index (κ1) is 51.1. The Kier molecular flexibility index (Phi) is 11.4. The van der Waals surface area contributed by atoms with E-state index in [1.807, 2.05) is 23.5 Å². The van der Waals surface area contributed by atoms with Gasteiger partial charge >= 0.3 is 0 Å². The molecule has 0 atom stereocenters. The smallest absolute Gasteiger partial charge is 0.252 e. The number of benzene rings is 8. The number of fused-ring (bicyclic) bond motifs is 9. The first-order valence-electron chi connectivity index (χ1n) is 31.9. The van der Waals surface area contributed by atoms with E-state index in [2.05, 4.69) is 266 Å². The minimum absolute atomic E-state index is 0.00889.